The molecular weight excluding hydrogens is 577 g/mol. The van der Waals surface area contributed by atoms with E-state index in [0.29, 0.717) is 52.5 Å². The predicted octanol–water partition coefficient (Wildman–Crippen LogP) is 5.25. The largest absolute Gasteiger partial charge is 0.323 e. The van der Waals surface area contributed by atoms with Crippen molar-refractivity contribution in [2.24, 2.45) is 13.0 Å². The van der Waals surface area contributed by atoms with Crippen molar-refractivity contribution in [1.29, 1.82) is 0 Å². The molecule has 1 aliphatic heterocycles. The number of amides is 1. The molecule has 13 heteroatoms. The normalized spacial score (nSPS) is 17.2. The number of anilines is 1. The molecule has 2 bridgehead atoms. The summed E-state index contributed by atoms with van der Waals surface area (Å²) in [6.45, 7) is 3.65. The zero-order valence-corrected chi connectivity index (χ0v) is 24.6. The van der Waals surface area contributed by atoms with Crippen LogP contribution in [-0.4, -0.2) is 45.2 Å². The molecule has 2 unspecified atom stereocenters. The first-order valence-electron chi connectivity index (χ1n) is 13.5. The summed E-state index contributed by atoms with van der Waals surface area (Å²) in [5.41, 5.74) is 4.90. The van der Waals surface area contributed by atoms with E-state index in [2.05, 4.69) is 25.7 Å². The number of nitrogens with one attached hydrogen (secondary N) is 1. The lowest BCUT2D eigenvalue weighted by Gasteiger charge is -2.23. The van der Waals surface area contributed by atoms with Crippen LogP contribution in [0, 0.1) is 12.8 Å². The lowest BCUT2D eigenvalue weighted by atomic mass is 9.96. The Balaban J connectivity index is 1.47. The molecule has 4 aromatic heterocycles. The number of fused-ring (bicyclic) bond motifs is 4. The summed E-state index contributed by atoms with van der Waals surface area (Å²) >= 11 is 12.4. The van der Waals surface area contributed by atoms with E-state index in [1.807, 2.05) is 26.1 Å². The van der Waals surface area contributed by atoms with Gasteiger partial charge in [-0.2, -0.15) is 5.10 Å². The van der Waals surface area contributed by atoms with E-state index < -0.39 is 6.04 Å². The molecule has 5 aromatic rings. The second-order valence-electron chi connectivity index (χ2n) is 10.4. The van der Waals surface area contributed by atoms with Gasteiger partial charge in [-0.15, -0.1) is 5.10 Å². The van der Waals surface area contributed by atoms with E-state index in [-0.39, 0.29) is 22.5 Å². The maximum absolute atomic E-state index is 14.0. The van der Waals surface area contributed by atoms with E-state index in [1.54, 1.807) is 59.3 Å². The highest BCUT2D eigenvalue weighted by atomic mass is 35.5. The van der Waals surface area contributed by atoms with Crippen molar-refractivity contribution in [3.8, 4) is 28.2 Å². The number of carbonyl (C=O) groups excluding carboxylic acids is 1. The highest BCUT2D eigenvalue weighted by Gasteiger charge is 2.25. The van der Waals surface area contributed by atoms with E-state index in [1.165, 1.54) is 4.68 Å². The average molecular weight is 605 g/mol. The first-order chi connectivity index (χ1) is 20.2. The Labute approximate surface area is 251 Å². The zero-order chi connectivity index (χ0) is 29.5. The first kappa shape index (κ1) is 27.8. The molecule has 0 saturated carbocycles. The molecule has 0 saturated heterocycles. The van der Waals surface area contributed by atoms with Gasteiger partial charge in [-0.1, -0.05) is 41.8 Å². The van der Waals surface area contributed by atoms with Gasteiger partial charge in [0, 0.05) is 40.9 Å². The fourth-order valence-corrected chi connectivity index (χ4v) is 5.70. The molecule has 0 spiro atoms. The minimum atomic E-state index is -0.406. The monoisotopic (exact) mass is 603 g/mol. The number of halogens is 2. The van der Waals surface area contributed by atoms with Gasteiger partial charge in [-0.05, 0) is 50.1 Å². The molecule has 1 aliphatic rings. The Bertz CT molecular complexity index is 1880. The van der Waals surface area contributed by atoms with Crippen molar-refractivity contribution in [3.05, 3.63) is 87.0 Å². The lowest BCUT2D eigenvalue weighted by Crippen LogP contribution is -2.29. The van der Waals surface area contributed by atoms with Gasteiger partial charge >= 0.3 is 0 Å². The molecule has 1 N–H and O–H groups in total. The number of hydrogen-bond acceptors (Lipinski definition) is 7. The van der Waals surface area contributed by atoms with Crippen LogP contribution in [0.5, 0.6) is 0 Å². The van der Waals surface area contributed by atoms with Gasteiger partial charge in [0.15, 0.2) is 5.15 Å². The minimum Gasteiger partial charge on any atom is -0.323 e. The van der Waals surface area contributed by atoms with Crippen LogP contribution in [-0.2, 0) is 11.8 Å². The van der Waals surface area contributed by atoms with Crippen molar-refractivity contribution >= 4 is 34.8 Å². The van der Waals surface area contributed by atoms with Crippen LogP contribution in [0.1, 0.15) is 43.5 Å². The Kier molecular flexibility index (Phi) is 7.38. The van der Waals surface area contributed by atoms with Gasteiger partial charge < -0.3 is 5.32 Å². The molecule has 6 rings (SSSR count). The summed E-state index contributed by atoms with van der Waals surface area (Å²) < 4.78 is 4.87. The van der Waals surface area contributed by atoms with Crippen LogP contribution in [0.4, 0.5) is 5.69 Å². The number of hydrogen-bond donors (Lipinski definition) is 1. The van der Waals surface area contributed by atoms with Crippen LogP contribution in [0.2, 0.25) is 10.2 Å². The quantitative estimate of drug-likeness (QED) is 0.298. The Morgan fingerprint density at radius 1 is 1.07 bits per heavy atom. The number of benzene rings is 1. The number of aromatic nitrogens is 8. The molecule has 11 nitrogen and oxygen atoms in total. The fraction of sp³-hybridized carbons (Fsp3) is 0.276. The molecule has 42 heavy (non-hydrogen) atoms. The topological polar surface area (TPSA) is 125 Å². The van der Waals surface area contributed by atoms with Crippen LogP contribution in [0.3, 0.4) is 0 Å². The second kappa shape index (κ2) is 11.1. The molecule has 0 aliphatic carbocycles. The summed E-state index contributed by atoms with van der Waals surface area (Å²) in [5.74, 6) is -0.296. The van der Waals surface area contributed by atoms with Gasteiger partial charge in [0.1, 0.15) is 0 Å². The van der Waals surface area contributed by atoms with Crippen molar-refractivity contribution in [2.45, 2.75) is 39.2 Å². The fourth-order valence-electron chi connectivity index (χ4n) is 5.40. The molecule has 214 valence electrons. The molecule has 0 radical (unpaired) electrons. The van der Waals surface area contributed by atoms with Crippen molar-refractivity contribution < 1.29 is 4.79 Å². The first-order valence-corrected chi connectivity index (χ1v) is 14.2. The van der Waals surface area contributed by atoms with Gasteiger partial charge in [0.2, 0.25) is 5.91 Å². The SMILES string of the molecule is Cc1c(-c2cc(Cl)ccc2-n2cc(Cl)nn2)ncn(C2CCCC(C)C(=O)Nc3cnn(C)c3-c3ccnc2c3)c1=O. The highest BCUT2D eigenvalue weighted by Crippen LogP contribution is 2.34. The predicted molar refractivity (Wildman–Crippen MR) is 160 cm³/mol. The van der Waals surface area contributed by atoms with Crippen LogP contribution in [0.15, 0.2) is 60.0 Å². The van der Waals surface area contributed by atoms with E-state index in [0.717, 1.165) is 17.0 Å². The molecular formula is C29H27Cl2N9O2. The average Bonchev–Trinajstić information content (AvgIpc) is 3.57. The smallest absolute Gasteiger partial charge is 0.257 e. The summed E-state index contributed by atoms with van der Waals surface area (Å²) in [4.78, 5) is 36.4. The van der Waals surface area contributed by atoms with Crippen molar-refractivity contribution in [3.63, 3.8) is 0 Å². The summed E-state index contributed by atoms with van der Waals surface area (Å²) in [6, 6.07) is 8.66. The minimum absolute atomic E-state index is 0.0688. The second-order valence-corrected chi connectivity index (χ2v) is 11.2. The van der Waals surface area contributed by atoms with Gasteiger partial charge in [0.05, 0.1) is 53.2 Å². The Morgan fingerprint density at radius 2 is 1.90 bits per heavy atom. The maximum atomic E-state index is 14.0. The summed E-state index contributed by atoms with van der Waals surface area (Å²) in [7, 11) is 1.83. The molecule has 1 aromatic carbocycles. The maximum Gasteiger partial charge on any atom is 0.257 e. The lowest BCUT2D eigenvalue weighted by molar-refractivity contribution is -0.119. The van der Waals surface area contributed by atoms with E-state index >= 15 is 0 Å². The van der Waals surface area contributed by atoms with E-state index in [4.69, 9.17) is 28.2 Å². The Hall–Kier alpha value is -4.35. The van der Waals surface area contributed by atoms with Crippen LogP contribution >= 0.6 is 23.2 Å². The number of aryl methyl sites for hydroxylation is 1. The molecule has 5 heterocycles. The number of carbonyl (C=O) groups is 1. The summed E-state index contributed by atoms with van der Waals surface area (Å²) in [6.07, 6.45) is 8.42. The van der Waals surface area contributed by atoms with E-state index in [9.17, 15) is 9.59 Å². The van der Waals surface area contributed by atoms with Crippen molar-refractivity contribution in [1.82, 2.24) is 39.3 Å². The third-order valence-electron chi connectivity index (χ3n) is 7.64. The zero-order valence-electron chi connectivity index (χ0n) is 23.1. The molecule has 0 fully saturated rings. The van der Waals surface area contributed by atoms with Gasteiger partial charge in [0.25, 0.3) is 5.56 Å². The third kappa shape index (κ3) is 5.10. The Morgan fingerprint density at radius 3 is 2.69 bits per heavy atom. The standard InChI is InChI=1S/C29H27Cl2N9O2/c1-16-5-4-6-24(21-11-18(9-10-32-21)27-22(35-28(16)41)13-34-38(27)3)39-15-33-26(17(2)29(39)42)20-12-19(30)7-8-23(20)40-14-25(31)36-37-40/h7-16,24H,4-6H2,1-3H3,(H,35,41). The van der Waals surface area contributed by atoms with Crippen molar-refractivity contribution in [2.75, 3.05) is 5.32 Å². The summed E-state index contributed by atoms with van der Waals surface area (Å²) in [5, 5.41) is 16.1. The number of rotatable bonds is 3. The third-order valence-corrected chi connectivity index (χ3v) is 8.05. The number of pyridine rings is 1. The molecule has 2 atom stereocenters. The van der Waals surface area contributed by atoms with Crippen LogP contribution in [0.25, 0.3) is 28.2 Å². The van der Waals surface area contributed by atoms with Gasteiger partial charge in [-0.25, -0.2) is 9.67 Å². The van der Waals surface area contributed by atoms with Crippen LogP contribution < -0.4 is 10.9 Å². The molecule has 1 amide bonds. The van der Waals surface area contributed by atoms with Gasteiger partial charge in [-0.3, -0.25) is 23.8 Å². The highest BCUT2D eigenvalue weighted by molar-refractivity contribution is 6.31. The number of nitrogens with zero attached hydrogens (tertiary/aromatic N) is 8.